The number of nitrogens with one attached hydrogen (secondary N) is 2. The first-order chi connectivity index (χ1) is 14.7. The number of halogens is 1. The van der Waals surface area contributed by atoms with E-state index in [-0.39, 0.29) is 5.82 Å². The van der Waals surface area contributed by atoms with Crippen molar-refractivity contribution in [3.05, 3.63) is 107 Å². The SMILES string of the molecule is O[C@H](CNC1CCC(C(c2ccccc2)c2ccccc2)NC1)c1ccc(F)cc1. The van der Waals surface area contributed by atoms with Crippen molar-refractivity contribution >= 4 is 0 Å². The Balaban J connectivity index is 1.36. The van der Waals surface area contributed by atoms with E-state index in [1.54, 1.807) is 12.1 Å². The largest absolute Gasteiger partial charge is 0.387 e. The van der Waals surface area contributed by atoms with Gasteiger partial charge in [-0.3, -0.25) is 0 Å². The summed E-state index contributed by atoms with van der Waals surface area (Å²) >= 11 is 0. The van der Waals surface area contributed by atoms with E-state index in [1.165, 1.54) is 23.3 Å². The molecule has 156 valence electrons. The van der Waals surface area contributed by atoms with Gasteiger partial charge in [-0.15, -0.1) is 0 Å². The number of aliphatic hydroxyl groups excluding tert-OH is 1. The molecule has 0 aromatic heterocycles. The molecule has 3 aromatic rings. The topological polar surface area (TPSA) is 44.3 Å². The second kappa shape index (κ2) is 9.98. The van der Waals surface area contributed by atoms with Crippen LogP contribution in [0.25, 0.3) is 0 Å². The second-order valence-electron chi connectivity index (χ2n) is 8.06. The minimum absolute atomic E-state index is 0.284. The summed E-state index contributed by atoms with van der Waals surface area (Å²) < 4.78 is 13.1. The smallest absolute Gasteiger partial charge is 0.123 e. The monoisotopic (exact) mass is 404 g/mol. The molecule has 4 heteroatoms. The molecule has 3 aromatic carbocycles. The molecule has 30 heavy (non-hydrogen) atoms. The Morgan fingerprint density at radius 1 is 0.833 bits per heavy atom. The number of aliphatic hydroxyl groups is 1. The fourth-order valence-electron chi connectivity index (χ4n) is 4.40. The summed E-state index contributed by atoms with van der Waals surface area (Å²) in [7, 11) is 0. The third-order valence-corrected chi connectivity index (χ3v) is 6.03. The molecular weight excluding hydrogens is 375 g/mol. The van der Waals surface area contributed by atoms with Gasteiger partial charge in [0.15, 0.2) is 0 Å². The highest BCUT2D eigenvalue weighted by Gasteiger charge is 2.29. The lowest BCUT2D eigenvalue weighted by Gasteiger charge is -2.36. The van der Waals surface area contributed by atoms with Crippen LogP contribution in [0.1, 0.15) is 41.6 Å². The third-order valence-electron chi connectivity index (χ3n) is 6.03. The molecule has 0 bridgehead atoms. The van der Waals surface area contributed by atoms with E-state index in [2.05, 4.69) is 71.3 Å². The van der Waals surface area contributed by atoms with Crippen molar-refractivity contribution in [3.63, 3.8) is 0 Å². The highest BCUT2D eigenvalue weighted by molar-refractivity contribution is 5.34. The van der Waals surface area contributed by atoms with Gasteiger partial charge in [0.2, 0.25) is 0 Å². The highest BCUT2D eigenvalue weighted by atomic mass is 19.1. The van der Waals surface area contributed by atoms with Gasteiger partial charge in [-0.2, -0.15) is 0 Å². The summed E-state index contributed by atoms with van der Waals surface area (Å²) in [5, 5.41) is 17.6. The van der Waals surface area contributed by atoms with Crippen molar-refractivity contribution in [1.82, 2.24) is 10.6 Å². The lowest BCUT2D eigenvalue weighted by Crippen LogP contribution is -2.50. The molecule has 1 saturated heterocycles. The fourth-order valence-corrected chi connectivity index (χ4v) is 4.40. The Morgan fingerprint density at radius 3 is 1.97 bits per heavy atom. The Hall–Kier alpha value is -2.53. The minimum atomic E-state index is -0.635. The van der Waals surface area contributed by atoms with Crippen molar-refractivity contribution in [2.24, 2.45) is 0 Å². The third kappa shape index (κ3) is 5.14. The first-order valence-corrected chi connectivity index (χ1v) is 10.7. The summed E-state index contributed by atoms with van der Waals surface area (Å²) in [5.41, 5.74) is 3.40. The molecule has 3 N–H and O–H groups in total. The van der Waals surface area contributed by atoms with Crippen LogP contribution in [-0.2, 0) is 0 Å². The molecule has 0 aliphatic carbocycles. The fraction of sp³-hybridized carbons (Fsp3) is 0.308. The molecule has 0 spiro atoms. The van der Waals surface area contributed by atoms with E-state index in [1.807, 2.05) is 0 Å². The minimum Gasteiger partial charge on any atom is -0.387 e. The average Bonchev–Trinajstić information content (AvgIpc) is 2.80. The maximum Gasteiger partial charge on any atom is 0.123 e. The van der Waals surface area contributed by atoms with Crippen LogP contribution in [0.4, 0.5) is 4.39 Å². The maximum absolute atomic E-state index is 13.1. The molecule has 1 heterocycles. The standard InChI is InChI=1S/C26H29FN2O/c27-22-13-11-19(12-14-22)25(30)18-28-23-15-16-24(29-17-23)26(20-7-3-1-4-8-20)21-9-5-2-6-10-21/h1-14,23-26,28-30H,15-18H2/t23?,24?,25-/m1/s1. The molecule has 1 aliphatic heterocycles. The van der Waals surface area contributed by atoms with Crippen LogP contribution < -0.4 is 10.6 Å². The molecule has 4 rings (SSSR count). The first kappa shape index (κ1) is 20.7. The Kier molecular flexibility index (Phi) is 6.90. The van der Waals surface area contributed by atoms with Gasteiger partial charge in [-0.1, -0.05) is 72.8 Å². The molecule has 0 amide bonds. The summed E-state index contributed by atoms with van der Waals surface area (Å²) in [4.78, 5) is 0. The van der Waals surface area contributed by atoms with Crippen molar-refractivity contribution in [2.75, 3.05) is 13.1 Å². The zero-order valence-corrected chi connectivity index (χ0v) is 17.0. The van der Waals surface area contributed by atoms with Gasteiger partial charge < -0.3 is 15.7 Å². The Morgan fingerprint density at radius 2 is 1.43 bits per heavy atom. The zero-order chi connectivity index (χ0) is 20.8. The molecule has 2 unspecified atom stereocenters. The summed E-state index contributed by atoms with van der Waals surface area (Å²) in [6.07, 6.45) is 1.47. The predicted octanol–water partition coefficient (Wildman–Crippen LogP) is 4.40. The lowest BCUT2D eigenvalue weighted by atomic mass is 9.81. The summed E-state index contributed by atoms with van der Waals surface area (Å²) in [5.74, 6) is 0.0333. The number of hydrogen-bond acceptors (Lipinski definition) is 3. The van der Waals surface area contributed by atoms with Crippen molar-refractivity contribution in [3.8, 4) is 0 Å². The van der Waals surface area contributed by atoms with Crippen molar-refractivity contribution < 1.29 is 9.50 Å². The summed E-state index contributed by atoms with van der Waals surface area (Å²) in [6.45, 7) is 1.32. The van der Waals surface area contributed by atoms with Gasteiger partial charge in [0.25, 0.3) is 0 Å². The molecule has 3 nitrogen and oxygen atoms in total. The number of hydrogen-bond donors (Lipinski definition) is 3. The van der Waals surface area contributed by atoms with Gasteiger partial charge in [0.05, 0.1) is 6.10 Å². The molecule has 3 atom stereocenters. The van der Waals surface area contributed by atoms with Gasteiger partial charge in [-0.25, -0.2) is 4.39 Å². The van der Waals surface area contributed by atoms with E-state index in [4.69, 9.17) is 0 Å². The van der Waals surface area contributed by atoms with Gasteiger partial charge in [0, 0.05) is 31.1 Å². The van der Waals surface area contributed by atoms with Gasteiger partial charge >= 0.3 is 0 Å². The molecule has 1 fully saturated rings. The summed E-state index contributed by atoms with van der Waals surface area (Å²) in [6, 6.07) is 28.1. The zero-order valence-electron chi connectivity index (χ0n) is 17.0. The Labute approximate surface area is 178 Å². The average molecular weight is 405 g/mol. The van der Waals surface area contributed by atoms with Crippen LogP contribution in [-0.4, -0.2) is 30.3 Å². The van der Waals surface area contributed by atoms with Crippen molar-refractivity contribution in [1.29, 1.82) is 0 Å². The number of rotatable bonds is 7. The van der Waals surface area contributed by atoms with E-state index < -0.39 is 6.10 Å². The normalized spacial score (nSPS) is 20.2. The maximum atomic E-state index is 13.1. The van der Waals surface area contributed by atoms with Gasteiger partial charge in [-0.05, 0) is 41.7 Å². The first-order valence-electron chi connectivity index (χ1n) is 10.7. The second-order valence-corrected chi connectivity index (χ2v) is 8.06. The van der Waals surface area contributed by atoms with E-state index in [0.29, 0.717) is 24.5 Å². The van der Waals surface area contributed by atoms with Crippen LogP contribution in [0.2, 0.25) is 0 Å². The van der Waals surface area contributed by atoms with Gasteiger partial charge in [0.1, 0.15) is 5.82 Å². The van der Waals surface area contributed by atoms with E-state index >= 15 is 0 Å². The molecule has 0 radical (unpaired) electrons. The van der Waals surface area contributed by atoms with Crippen LogP contribution in [0, 0.1) is 5.82 Å². The predicted molar refractivity (Wildman–Crippen MR) is 119 cm³/mol. The van der Waals surface area contributed by atoms with Crippen LogP contribution in [0.3, 0.4) is 0 Å². The Bertz CT molecular complexity index is 854. The lowest BCUT2D eigenvalue weighted by molar-refractivity contribution is 0.164. The van der Waals surface area contributed by atoms with Crippen LogP contribution in [0.5, 0.6) is 0 Å². The van der Waals surface area contributed by atoms with E-state index in [9.17, 15) is 9.50 Å². The van der Waals surface area contributed by atoms with Crippen LogP contribution in [0.15, 0.2) is 84.9 Å². The molecule has 1 aliphatic rings. The number of benzene rings is 3. The van der Waals surface area contributed by atoms with Crippen molar-refractivity contribution in [2.45, 2.75) is 36.9 Å². The molecule has 0 saturated carbocycles. The molecular formula is C26H29FN2O. The highest BCUT2D eigenvalue weighted by Crippen LogP contribution is 2.31. The van der Waals surface area contributed by atoms with Crippen LogP contribution >= 0.6 is 0 Å². The van der Waals surface area contributed by atoms with E-state index in [0.717, 1.165) is 24.9 Å². The quantitative estimate of drug-likeness (QED) is 0.547. The number of piperidine rings is 1.